The molecule has 0 aromatic heterocycles. The molecule has 0 aliphatic carbocycles. The van der Waals surface area contributed by atoms with Crippen LogP contribution in [0.15, 0.2) is 0 Å². The van der Waals surface area contributed by atoms with Gasteiger partial charge < -0.3 is 10.0 Å². The van der Waals surface area contributed by atoms with Crippen molar-refractivity contribution in [1.29, 1.82) is 0 Å². The fraction of sp³-hybridized carbons (Fsp3) is 0.909. The van der Waals surface area contributed by atoms with Crippen molar-refractivity contribution in [1.82, 2.24) is 4.90 Å². The number of unbranched alkanes of at least 4 members (excludes halogenated alkanes) is 1. The minimum atomic E-state index is -5.08. The molecule has 1 atom stereocenters. The summed E-state index contributed by atoms with van der Waals surface area (Å²) in [6.45, 7) is 8.65. The van der Waals surface area contributed by atoms with Crippen LogP contribution in [0.5, 0.6) is 0 Å². The van der Waals surface area contributed by atoms with Crippen LogP contribution in [0.4, 0.5) is 13.2 Å². The van der Waals surface area contributed by atoms with E-state index in [-0.39, 0.29) is 0 Å². The number of hydrogen-bond donors (Lipinski definition) is 1. The SMILES string of the molecule is CCCCN1CCC(C)C1.O=C(O)C(F)(F)F. The van der Waals surface area contributed by atoms with Gasteiger partial charge >= 0.3 is 12.1 Å². The molecule has 0 bridgehead atoms. The monoisotopic (exact) mass is 255 g/mol. The molecule has 1 N–H and O–H groups in total. The van der Waals surface area contributed by atoms with Crippen molar-refractivity contribution >= 4 is 5.97 Å². The first-order chi connectivity index (χ1) is 7.77. The first kappa shape index (κ1) is 16.2. The standard InChI is InChI=1S/C9H19N.C2HF3O2/c1-3-4-6-10-7-5-9(2)8-10;3-2(4,5)1(6)7/h9H,3-8H2,1-2H3;(H,6,7). The zero-order valence-corrected chi connectivity index (χ0v) is 10.3. The fourth-order valence-electron chi connectivity index (χ4n) is 1.61. The first-order valence-electron chi connectivity index (χ1n) is 5.79. The molecule has 0 radical (unpaired) electrons. The predicted molar refractivity (Wildman–Crippen MR) is 58.8 cm³/mol. The van der Waals surface area contributed by atoms with E-state index in [1.807, 2.05) is 0 Å². The second kappa shape index (κ2) is 7.53. The van der Waals surface area contributed by atoms with Crippen LogP contribution in [0.3, 0.4) is 0 Å². The molecule has 0 amide bonds. The Kier molecular flexibility index (Phi) is 7.18. The molecule has 1 fully saturated rings. The Morgan fingerprint density at radius 3 is 2.29 bits per heavy atom. The van der Waals surface area contributed by atoms with E-state index in [0.29, 0.717) is 0 Å². The highest BCUT2D eigenvalue weighted by atomic mass is 19.4. The summed E-state index contributed by atoms with van der Waals surface area (Å²) in [4.78, 5) is 11.5. The number of likely N-dealkylation sites (tertiary alicyclic amines) is 1. The Bertz CT molecular complexity index is 231. The maximum atomic E-state index is 10.6. The number of rotatable bonds is 3. The van der Waals surface area contributed by atoms with Crippen LogP contribution in [-0.2, 0) is 4.79 Å². The molecule has 0 saturated carbocycles. The van der Waals surface area contributed by atoms with Gasteiger partial charge in [-0.3, -0.25) is 0 Å². The second-order valence-corrected chi connectivity index (χ2v) is 4.35. The van der Waals surface area contributed by atoms with Gasteiger partial charge in [0.05, 0.1) is 0 Å². The predicted octanol–water partition coefficient (Wildman–Crippen LogP) is 2.76. The normalized spacial score (nSPS) is 20.9. The van der Waals surface area contributed by atoms with Crippen LogP contribution in [0.1, 0.15) is 33.1 Å². The highest BCUT2D eigenvalue weighted by molar-refractivity contribution is 5.73. The average Bonchev–Trinajstić information content (AvgIpc) is 2.60. The van der Waals surface area contributed by atoms with Gasteiger partial charge in [-0.1, -0.05) is 20.3 Å². The molecule has 1 rings (SSSR count). The Morgan fingerprint density at radius 1 is 1.47 bits per heavy atom. The summed E-state index contributed by atoms with van der Waals surface area (Å²) in [5.41, 5.74) is 0. The highest BCUT2D eigenvalue weighted by Crippen LogP contribution is 2.15. The zero-order valence-electron chi connectivity index (χ0n) is 10.3. The molecule has 0 spiro atoms. The summed E-state index contributed by atoms with van der Waals surface area (Å²) in [6.07, 6.45) is -0.943. The van der Waals surface area contributed by atoms with Crippen LogP contribution >= 0.6 is 0 Å². The summed E-state index contributed by atoms with van der Waals surface area (Å²) >= 11 is 0. The summed E-state index contributed by atoms with van der Waals surface area (Å²) in [6, 6.07) is 0. The van der Waals surface area contributed by atoms with Gasteiger partial charge in [0.15, 0.2) is 0 Å². The summed E-state index contributed by atoms with van der Waals surface area (Å²) in [5.74, 6) is -1.80. The van der Waals surface area contributed by atoms with Crippen molar-refractivity contribution in [3.63, 3.8) is 0 Å². The number of carbonyl (C=O) groups is 1. The Balaban J connectivity index is 0.000000325. The average molecular weight is 255 g/mol. The largest absolute Gasteiger partial charge is 0.490 e. The number of alkyl halides is 3. The molecule has 17 heavy (non-hydrogen) atoms. The lowest BCUT2D eigenvalue weighted by Crippen LogP contribution is -2.21. The number of halogens is 3. The Labute approximate surface area is 99.6 Å². The molecule has 0 aromatic rings. The third-order valence-corrected chi connectivity index (χ3v) is 2.58. The van der Waals surface area contributed by atoms with E-state index in [2.05, 4.69) is 18.7 Å². The van der Waals surface area contributed by atoms with Gasteiger partial charge in [-0.05, 0) is 31.8 Å². The minimum absolute atomic E-state index is 0.955. The smallest absolute Gasteiger partial charge is 0.475 e. The van der Waals surface area contributed by atoms with Gasteiger partial charge in [0, 0.05) is 6.54 Å². The van der Waals surface area contributed by atoms with Crippen molar-refractivity contribution in [2.24, 2.45) is 5.92 Å². The van der Waals surface area contributed by atoms with Gasteiger partial charge in [-0.25, -0.2) is 4.79 Å². The highest BCUT2D eigenvalue weighted by Gasteiger charge is 2.38. The van der Waals surface area contributed by atoms with Crippen LogP contribution < -0.4 is 0 Å². The number of carboxylic acid groups (broad SMARTS) is 1. The molecule has 1 aliphatic heterocycles. The van der Waals surface area contributed by atoms with Gasteiger partial charge in [-0.15, -0.1) is 0 Å². The molecule has 102 valence electrons. The molecule has 1 aliphatic rings. The van der Waals surface area contributed by atoms with E-state index in [1.165, 1.54) is 38.9 Å². The van der Waals surface area contributed by atoms with E-state index in [1.54, 1.807) is 0 Å². The van der Waals surface area contributed by atoms with Crippen molar-refractivity contribution in [3.8, 4) is 0 Å². The molecule has 1 unspecified atom stereocenters. The van der Waals surface area contributed by atoms with Gasteiger partial charge in [-0.2, -0.15) is 13.2 Å². The molecular formula is C11H20F3NO2. The third kappa shape index (κ3) is 8.01. The van der Waals surface area contributed by atoms with Gasteiger partial charge in [0.25, 0.3) is 0 Å². The lowest BCUT2D eigenvalue weighted by molar-refractivity contribution is -0.192. The molecule has 6 heteroatoms. The van der Waals surface area contributed by atoms with E-state index in [9.17, 15) is 13.2 Å². The molecule has 0 aromatic carbocycles. The summed E-state index contributed by atoms with van der Waals surface area (Å²) in [7, 11) is 0. The molecular weight excluding hydrogens is 235 g/mol. The van der Waals surface area contributed by atoms with Crippen molar-refractivity contribution < 1.29 is 23.1 Å². The quantitative estimate of drug-likeness (QED) is 0.843. The van der Waals surface area contributed by atoms with Crippen LogP contribution in [0.25, 0.3) is 0 Å². The number of hydrogen-bond acceptors (Lipinski definition) is 2. The van der Waals surface area contributed by atoms with E-state index < -0.39 is 12.1 Å². The van der Waals surface area contributed by atoms with E-state index in [0.717, 1.165) is 5.92 Å². The first-order valence-corrected chi connectivity index (χ1v) is 5.79. The maximum Gasteiger partial charge on any atom is 0.490 e. The van der Waals surface area contributed by atoms with Crippen LogP contribution in [0.2, 0.25) is 0 Å². The topological polar surface area (TPSA) is 40.5 Å². The Hall–Kier alpha value is -0.780. The fourth-order valence-corrected chi connectivity index (χ4v) is 1.61. The van der Waals surface area contributed by atoms with Crippen LogP contribution in [-0.4, -0.2) is 41.8 Å². The summed E-state index contributed by atoms with van der Waals surface area (Å²) < 4.78 is 31.7. The second-order valence-electron chi connectivity index (χ2n) is 4.35. The maximum absolute atomic E-state index is 10.6. The zero-order chi connectivity index (χ0) is 13.5. The van der Waals surface area contributed by atoms with Crippen LogP contribution in [0, 0.1) is 5.92 Å². The summed E-state index contributed by atoms with van der Waals surface area (Å²) in [5, 5.41) is 7.12. The lowest BCUT2D eigenvalue weighted by atomic mass is 10.2. The van der Waals surface area contributed by atoms with Crippen molar-refractivity contribution in [3.05, 3.63) is 0 Å². The molecule has 1 heterocycles. The molecule has 3 nitrogen and oxygen atoms in total. The van der Waals surface area contributed by atoms with Crippen molar-refractivity contribution in [2.75, 3.05) is 19.6 Å². The number of aliphatic carboxylic acids is 1. The lowest BCUT2D eigenvalue weighted by Gasteiger charge is -2.13. The number of nitrogens with zero attached hydrogens (tertiary/aromatic N) is 1. The van der Waals surface area contributed by atoms with Crippen molar-refractivity contribution in [2.45, 2.75) is 39.3 Å². The van der Waals surface area contributed by atoms with Gasteiger partial charge in [0.1, 0.15) is 0 Å². The Morgan fingerprint density at radius 2 is 2.00 bits per heavy atom. The van der Waals surface area contributed by atoms with E-state index in [4.69, 9.17) is 9.90 Å². The third-order valence-electron chi connectivity index (χ3n) is 2.58. The van der Waals surface area contributed by atoms with Gasteiger partial charge in [0.2, 0.25) is 0 Å². The van der Waals surface area contributed by atoms with E-state index >= 15 is 0 Å². The molecule has 1 saturated heterocycles. The minimum Gasteiger partial charge on any atom is -0.475 e. The number of carboxylic acids is 1.